The summed E-state index contributed by atoms with van der Waals surface area (Å²) in [6.07, 6.45) is 5.25. The molecule has 0 unspecified atom stereocenters. The third kappa shape index (κ3) is 6.09. The molecule has 2 aromatic carbocycles. The van der Waals surface area contributed by atoms with E-state index in [0.717, 1.165) is 69.9 Å². The summed E-state index contributed by atoms with van der Waals surface area (Å²) in [5.74, 6) is 1.05. The zero-order valence-corrected chi connectivity index (χ0v) is 25.0. The van der Waals surface area contributed by atoms with Gasteiger partial charge in [-0.25, -0.2) is 9.98 Å². The van der Waals surface area contributed by atoms with Gasteiger partial charge in [-0.3, -0.25) is 0 Å². The maximum absolute atomic E-state index is 6.33. The Morgan fingerprint density at radius 3 is 2.56 bits per heavy atom. The van der Waals surface area contributed by atoms with E-state index in [4.69, 9.17) is 14.7 Å². The molecule has 2 fully saturated rings. The van der Waals surface area contributed by atoms with Crippen LogP contribution >= 0.6 is 0 Å². The normalized spacial score (nSPS) is 19.9. The zero-order chi connectivity index (χ0) is 28.3. The summed E-state index contributed by atoms with van der Waals surface area (Å²) in [5.41, 5.74) is 4.95. The van der Waals surface area contributed by atoms with Crippen molar-refractivity contribution in [3.05, 3.63) is 53.2 Å². The molecule has 3 aliphatic heterocycles. The first kappa shape index (κ1) is 27.7. The Balaban J connectivity index is 1.28. The van der Waals surface area contributed by atoms with Crippen LogP contribution in [-0.2, 0) is 13.0 Å². The van der Waals surface area contributed by atoms with Crippen LogP contribution in [0.4, 0.5) is 11.5 Å². The summed E-state index contributed by atoms with van der Waals surface area (Å²) in [6.45, 7) is 11.6. The molecule has 6 rings (SSSR count). The predicted octanol–water partition coefficient (Wildman–Crippen LogP) is 5.53. The van der Waals surface area contributed by atoms with Crippen LogP contribution in [0, 0.1) is 6.92 Å². The molecule has 0 radical (unpaired) electrons. The van der Waals surface area contributed by atoms with E-state index in [-0.39, 0.29) is 12.1 Å². The van der Waals surface area contributed by atoms with Gasteiger partial charge in [-0.2, -0.15) is 9.97 Å². The van der Waals surface area contributed by atoms with Gasteiger partial charge in [0.15, 0.2) is 0 Å². The number of rotatable bonds is 7. The Kier molecular flexibility index (Phi) is 8.22. The van der Waals surface area contributed by atoms with Gasteiger partial charge in [0.2, 0.25) is 0 Å². The molecular formula is C33H43N7O. The van der Waals surface area contributed by atoms with Crippen LogP contribution in [0.3, 0.4) is 0 Å². The molecule has 0 aliphatic carbocycles. The second-order valence-electron chi connectivity index (χ2n) is 12.1. The SMILES string of the molecule is Cc1cccc2cccc(N3CCc4c(nc(OC[C@@H]5CCCN5C)nc4N4CCC(N=C=NC(C)C)CC4)C3)c12. The number of likely N-dealkylation sites (tertiary alicyclic amines) is 1. The molecule has 3 aromatic rings. The number of aryl methyl sites for hydroxylation is 1. The van der Waals surface area contributed by atoms with Crippen LogP contribution in [0.1, 0.15) is 56.4 Å². The minimum atomic E-state index is 0.228. The number of likely N-dealkylation sites (N-methyl/N-ethyl adjacent to an activating group) is 1. The molecule has 1 aromatic heterocycles. The van der Waals surface area contributed by atoms with Gasteiger partial charge in [-0.1, -0.05) is 30.3 Å². The zero-order valence-electron chi connectivity index (χ0n) is 25.0. The molecule has 2 saturated heterocycles. The molecule has 0 N–H and O–H groups in total. The minimum absolute atomic E-state index is 0.228. The summed E-state index contributed by atoms with van der Waals surface area (Å²) in [7, 11) is 2.18. The highest BCUT2D eigenvalue weighted by atomic mass is 16.5. The van der Waals surface area contributed by atoms with Gasteiger partial charge >= 0.3 is 6.01 Å². The third-order valence-corrected chi connectivity index (χ3v) is 8.85. The maximum Gasteiger partial charge on any atom is 0.318 e. The van der Waals surface area contributed by atoms with Crippen molar-refractivity contribution >= 4 is 28.3 Å². The minimum Gasteiger partial charge on any atom is -0.462 e. The highest BCUT2D eigenvalue weighted by Gasteiger charge is 2.29. The average molecular weight is 554 g/mol. The fourth-order valence-corrected chi connectivity index (χ4v) is 6.49. The number of hydrogen-bond donors (Lipinski definition) is 0. The summed E-state index contributed by atoms with van der Waals surface area (Å²) in [6, 6.07) is 17.5. The van der Waals surface area contributed by atoms with E-state index in [1.165, 1.54) is 34.0 Å². The van der Waals surface area contributed by atoms with E-state index >= 15 is 0 Å². The number of ether oxygens (including phenoxy) is 1. The lowest BCUT2D eigenvalue weighted by molar-refractivity contribution is 0.187. The molecule has 0 saturated carbocycles. The average Bonchev–Trinajstić information content (AvgIpc) is 3.40. The van der Waals surface area contributed by atoms with Crippen molar-refractivity contribution in [2.75, 3.05) is 49.6 Å². The number of piperidine rings is 1. The van der Waals surface area contributed by atoms with Gasteiger partial charge in [-0.15, -0.1) is 0 Å². The van der Waals surface area contributed by atoms with E-state index in [1.54, 1.807) is 0 Å². The van der Waals surface area contributed by atoms with E-state index in [9.17, 15) is 0 Å². The van der Waals surface area contributed by atoms with Crippen LogP contribution in [0.15, 0.2) is 46.4 Å². The molecule has 216 valence electrons. The molecule has 0 bridgehead atoms. The number of nitrogens with zero attached hydrogens (tertiary/aromatic N) is 7. The number of hydrogen-bond acceptors (Lipinski definition) is 8. The standard InChI is InChI=1S/C33H43N7O/c1-23(2)34-22-35-26-13-17-39(18-14-26)32-28-15-19-40(30-12-6-10-25-9-5-8-24(3)31(25)30)20-29(28)36-33(37-32)41-21-27-11-7-16-38(27)4/h5-6,8-10,12,23,26-27H,7,11,13-21H2,1-4H3/t27-/m0/s1. The van der Waals surface area contributed by atoms with Gasteiger partial charge < -0.3 is 19.4 Å². The number of aliphatic imine (C=N–C) groups is 2. The van der Waals surface area contributed by atoms with Gasteiger partial charge in [0.05, 0.1) is 30.3 Å². The third-order valence-electron chi connectivity index (χ3n) is 8.85. The number of fused-ring (bicyclic) bond motifs is 2. The second-order valence-corrected chi connectivity index (χ2v) is 12.1. The number of aromatic nitrogens is 2. The van der Waals surface area contributed by atoms with Gasteiger partial charge in [0, 0.05) is 42.3 Å². The molecule has 8 heteroatoms. The summed E-state index contributed by atoms with van der Waals surface area (Å²) in [5, 5.41) is 2.61. The van der Waals surface area contributed by atoms with Crippen molar-refractivity contribution in [3.63, 3.8) is 0 Å². The first-order valence-electron chi connectivity index (χ1n) is 15.3. The lowest BCUT2D eigenvalue weighted by Gasteiger charge is -2.36. The molecule has 0 amide bonds. The molecular weight excluding hydrogens is 510 g/mol. The monoisotopic (exact) mass is 553 g/mol. The van der Waals surface area contributed by atoms with Crippen LogP contribution in [0.2, 0.25) is 0 Å². The van der Waals surface area contributed by atoms with Crippen LogP contribution < -0.4 is 14.5 Å². The lowest BCUT2D eigenvalue weighted by atomic mass is 9.99. The van der Waals surface area contributed by atoms with E-state index in [1.807, 2.05) is 0 Å². The first-order chi connectivity index (χ1) is 20.0. The van der Waals surface area contributed by atoms with Crippen molar-refractivity contribution in [2.24, 2.45) is 9.98 Å². The van der Waals surface area contributed by atoms with Gasteiger partial charge in [0.25, 0.3) is 0 Å². The Morgan fingerprint density at radius 1 is 1.00 bits per heavy atom. The van der Waals surface area contributed by atoms with Gasteiger partial charge in [-0.05, 0) is 83.5 Å². The summed E-state index contributed by atoms with van der Waals surface area (Å²) >= 11 is 0. The summed E-state index contributed by atoms with van der Waals surface area (Å²) < 4.78 is 6.33. The second kappa shape index (κ2) is 12.2. The quantitative estimate of drug-likeness (QED) is 0.359. The van der Waals surface area contributed by atoms with Crippen molar-refractivity contribution in [1.82, 2.24) is 14.9 Å². The molecule has 1 atom stereocenters. The smallest absolute Gasteiger partial charge is 0.318 e. The Bertz CT molecular complexity index is 1430. The fraction of sp³-hybridized carbons (Fsp3) is 0.545. The summed E-state index contributed by atoms with van der Waals surface area (Å²) in [4.78, 5) is 26.3. The maximum atomic E-state index is 6.33. The molecule has 0 spiro atoms. The molecule has 3 aliphatic rings. The lowest BCUT2D eigenvalue weighted by Crippen LogP contribution is -2.39. The van der Waals surface area contributed by atoms with Crippen molar-refractivity contribution in [1.29, 1.82) is 0 Å². The van der Waals surface area contributed by atoms with Gasteiger partial charge in [0.1, 0.15) is 12.4 Å². The first-order valence-corrected chi connectivity index (χ1v) is 15.3. The van der Waals surface area contributed by atoms with Crippen molar-refractivity contribution in [3.8, 4) is 6.01 Å². The Morgan fingerprint density at radius 2 is 1.80 bits per heavy atom. The molecule has 4 heterocycles. The largest absolute Gasteiger partial charge is 0.462 e. The predicted molar refractivity (Wildman–Crippen MR) is 167 cm³/mol. The van der Waals surface area contributed by atoms with Crippen LogP contribution in [0.25, 0.3) is 10.8 Å². The topological polar surface area (TPSA) is 69.5 Å². The van der Waals surface area contributed by atoms with Crippen LogP contribution in [0.5, 0.6) is 6.01 Å². The molecule has 41 heavy (non-hydrogen) atoms. The fourth-order valence-electron chi connectivity index (χ4n) is 6.49. The number of benzene rings is 2. The van der Waals surface area contributed by atoms with E-state index < -0.39 is 0 Å². The van der Waals surface area contributed by atoms with Crippen molar-refractivity contribution < 1.29 is 4.74 Å². The van der Waals surface area contributed by atoms with E-state index in [2.05, 4.69) is 94.9 Å². The van der Waals surface area contributed by atoms with Crippen LogP contribution in [-0.4, -0.2) is 78.8 Å². The Hall–Kier alpha value is -3.48. The Labute approximate surface area is 244 Å². The van der Waals surface area contributed by atoms with Crippen molar-refractivity contribution in [2.45, 2.75) is 77.5 Å². The number of anilines is 2. The highest BCUT2D eigenvalue weighted by Crippen LogP contribution is 2.36. The highest BCUT2D eigenvalue weighted by molar-refractivity contribution is 5.97. The van der Waals surface area contributed by atoms with E-state index in [0.29, 0.717) is 18.7 Å². The molecule has 8 nitrogen and oxygen atoms in total.